The number of fused-ring (bicyclic) bond motifs is 3. The topological polar surface area (TPSA) is 36.4 Å². The van der Waals surface area contributed by atoms with Crippen LogP contribution in [0.25, 0.3) is 0 Å². The fraction of sp³-hybridized carbons (Fsp3) is 0.571. The van der Waals surface area contributed by atoms with Crippen LogP contribution in [0.3, 0.4) is 0 Å². The fourth-order valence-corrected chi connectivity index (χ4v) is 3.08. The normalized spacial score (nSPS) is 21.8. The fourth-order valence-electron chi connectivity index (χ4n) is 3.08. The van der Waals surface area contributed by atoms with E-state index in [0.29, 0.717) is 19.1 Å². The summed E-state index contributed by atoms with van der Waals surface area (Å²) in [6.07, 6.45) is 3.97. The van der Waals surface area contributed by atoms with Gasteiger partial charge in [-0.3, -0.25) is 14.2 Å². The molecule has 102 valence electrons. The van der Waals surface area contributed by atoms with Crippen LogP contribution in [-0.2, 0) is 11.3 Å². The molecule has 0 radical (unpaired) electrons. The van der Waals surface area contributed by atoms with Gasteiger partial charge in [-0.1, -0.05) is 0 Å². The Morgan fingerprint density at radius 2 is 2.42 bits per heavy atom. The number of hydrogen-bond donors (Lipinski definition) is 0. The number of carbonyl (C=O) groups is 1. The van der Waals surface area contributed by atoms with Crippen LogP contribution < -0.4 is 4.90 Å². The molecule has 2 aliphatic heterocycles. The molecular weight excluding hydrogens is 245 g/mol. The molecule has 0 unspecified atom stereocenters. The lowest BCUT2D eigenvalue weighted by atomic mass is 10.2. The zero-order chi connectivity index (χ0) is 13.2. The molecule has 1 saturated heterocycles. The zero-order valence-electron chi connectivity index (χ0n) is 10.9. The van der Waals surface area contributed by atoms with Gasteiger partial charge in [-0.2, -0.15) is 0 Å². The van der Waals surface area contributed by atoms with Gasteiger partial charge in [-0.25, -0.2) is 0 Å². The van der Waals surface area contributed by atoms with Crippen LogP contribution >= 0.6 is 0 Å². The molecule has 0 bridgehead atoms. The molecule has 0 saturated carbocycles. The summed E-state index contributed by atoms with van der Waals surface area (Å²) in [4.78, 5) is 20.5. The van der Waals surface area contributed by atoms with E-state index < -0.39 is 6.67 Å². The van der Waals surface area contributed by atoms with E-state index in [1.807, 2.05) is 6.07 Å². The molecule has 1 aromatic heterocycles. The second kappa shape index (κ2) is 5.15. The Bertz CT molecular complexity index is 480. The van der Waals surface area contributed by atoms with Crippen LogP contribution in [0.4, 0.5) is 10.1 Å². The molecule has 0 spiro atoms. The molecule has 1 fully saturated rings. The highest BCUT2D eigenvalue weighted by Gasteiger charge is 2.33. The Labute approximate surface area is 112 Å². The van der Waals surface area contributed by atoms with Gasteiger partial charge in [-0.15, -0.1) is 0 Å². The summed E-state index contributed by atoms with van der Waals surface area (Å²) in [5.41, 5.74) is 2.07. The molecule has 0 N–H and O–H groups in total. The standard InChI is InChI=1S/C14H18FN3O/c15-6-5-14(19)17-9-11-3-2-8-18(11)13-4-1-7-16-12(13)10-17/h1,4,7,11H,2-3,5-6,8-10H2/t11-/m0/s1. The number of alkyl halides is 1. The number of anilines is 1. The molecule has 1 aromatic rings. The molecule has 3 heterocycles. The van der Waals surface area contributed by atoms with Gasteiger partial charge >= 0.3 is 0 Å². The van der Waals surface area contributed by atoms with Crippen molar-refractivity contribution < 1.29 is 9.18 Å². The van der Waals surface area contributed by atoms with Crippen molar-refractivity contribution in [2.45, 2.75) is 31.8 Å². The van der Waals surface area contributed by atoms with Crippen LogP contribution in [0.15, 0.2) is 18.3 Å². The molecule has 3 rings (SSSR count). The van der Waals surface area contributed by atoms with Gasteiger partial charge in [0.05, 0.1) is 31.0 Å². The second-order valence-electron chi connectivity index (χ2n) is 5.17. The third kappa shape index (κ3) is 2.29. The van der Waals surface area contributed by atoms with Crippen molar-refractivity contribution in [1.82, 2.24) is 9.88 Å². The average molecular weight is 263 g/mol. The number of amides is 1. The third-order valence-electron chi connectivity index (χ3n) is 3.99. The SMILES string of the molecule is O=C(CCF)N1Cc2ncccc2N2CCC[C@H]2C1. The van der Waals surface area contributed by atoms with Crippen molar-refractivity contribution in [2.24, 2.45) is 0 Å². The van der Waals surface area contributed by atoms with Crippen LogP contribution in [0.1, 0.15) is 25.0 Å². The summed E-state index contributed by atoms with van der Waals surface area (Å²) in [5.74, 6) is -0.104. The van der Waals surface area contributed by atoms with Crippen molar-refractivity contribution in [3.05, 3.63) is 24.0 Å². The van der Waals surface area contributed by atoms with Gasteiger partial charge in [0.2, 0.25) is 5.91 Å². The van der Waals surface area contributed by atoms with E-state index >= 15 is 0 Å². The van der Waals surface area contributed by atoms with Gasteiger partial charge in [0.25, 0.3) is 0 Å². The van der Waals surface area contributed by atoms with E-state index in [9.17, 15) is 9.18 Å². The summed E-state index contributed by atoms with van der Waals surface area (Å²) >= 11 is 0. The predicted octanol–water partition coefficient (Wildman–Crippen LogP) is 1.75. The van der Waals surface area contributed by atoms with Crippen molar-refractivity contribution in [2.75, 3.05) is 24.7 Å². The molecule has 5 heteroatoms. The maximum Gasteiger partial charge on any atom is 0.225 e. The lowest BCUT2D eigenvalue weighted by Crippen LogP contribution is -2.40. The quantitative estimate of drug-likeness (QED) is 0.815. The molecule has 0 aliphatic carbocycles. The van der Waals surface area contributed by atoms with E-state index in [1.165, 1.54) is 0 Å². The van der Waals surface area contributed by atoms with Crippen molar-refractivity contribution in [3.8, 4) is 0 Å². The van der Waals surface area contributed by atoms with E-state index in [0.717, 1.165) is 30.8 Å². The van der Waals surface area contributed by atoms with Gasteiger partial charge in [-0.05, 0) is 25.0 Å². The first kappa shape index (κ1) is 12.4. The van der Waals surface area contributed by atoms with Crippen LogP contribution in [0.5, 0.6) is 0 Å². The minimum atomic E-state index is -0.585. The van der Waals surface area contributed by atoms with Gasteiger partial charge in [0.15, 0.2) is 0 Å². The first-order valence-electron chi connectivity index (χ1n) is 6.84. The number of pyridine rings is 1. The molecule has 0 aromatic carbocycles. The van der Waals surface area contributed by atoms with Gasteiger partial charge in [0.1, 0.15) is 0 Å². The third-order valence-corrected chi connectivity index (χ3v) is 3.99. The lowest BCUT2D eigenvalue weighted by Gasteiger charge is -2.27. The van der Waals surface area contributed by atoms with Crippen molar-refractivity contribution >= 4 is 11.6 Å². The molecule has 1 amide bonds. The molecule has 2 aliphatic rings. The summed E-state index contributed by atoms with van der Waals surface area (Å²) in [5, 5.41) is 0. The average Bonchev–Trinajstić information content (AvgIpc) is 2.81. The largest absolute Gasteiger partial charge is 0.365 e. The minimum Gasteiger partial charge on any atom is -0.365 e. The van der Waals surface area contributed by atoms with Gasteiger partial charge in [0, 0.05) is 25.3 Å². The number of nitrogens with zero attached hydrogens (tertiary/aromatic N) is 3. The first-order valence-corrected chi connectivity index (χ1v) is 6.84. The number of halogens is 1. The Balaban J connectivity index is 1.91. The highest BCUT2D eigenvalue weighted by molar-refractivity contribution is 5.77. The van der Waals surface area contributed by atoms with Crippen molar-refractivity contribution in [3.63, 3.8) is 0 Å². The highest BCUT2D eigenvalue weighted by Crippen LogP contribution is 2.32. The van der Waals surface area contributed by atoms with E-state index in [2.05, 4.69) is 16.0 Å². The molecule has 1 atom stereocenters. The molecule has 19 heavy (non-hydrogen) atoms. The second-order valence-corrected chi connectivity index (χ2v) is 5.17. The number of carbonyl (C=O) groups excluding carboxylic acids is 1. The minimum absolute atomic E-state index is 0.0190. The summed E-state index contributed by atoms with van der Waals surface area (Å²) in [6, 6.07) is 4.37. The van der Waals surface area contributed by atoms with Crippen LogP contribution in [0, 0.1) is 0 Å². The highest BCUT2D eigenvalue weighted by atomic mass is 19.1. The first-order chi connectivity index (χ1) is 9.29. The van der Waals surface area contributed by atoms with E-state index in [-0.39, 0.29) is 12.3 Å². The van der Waals surface area contributed by atoms with Gasteiger partial charge < -0.3 is 9.80 Å². The number of aromatic nitrogens is 1. The predicted molar refractivity (Wildman–Crippen MR) is 70.6 cm³/mol. The summed E-state index contributed by atoms with van der Waals surface area (Å²) < 4.78 is 12.4. The van der Waals surface area contributed by atoms with Crippen molar-refractivity contribution in [1.29, 1.82) is 0 Å². The Morgan fingerprint density at radius 1 is 1.53 bits per heavy atom. The number of rotatable bonds is 2. The maximum atomic E-state index is 12.4. The van der Waals surface area contributed by atoms with Crippen LogP contribution in [0.2, 0.25) is 0 Å². The lowest BCUT2D eigenvalue weighted by molar-refractivity contribution is -0.132. The van der Waals surface area contributed by atoms with Crippen LogP contribution in [-0.4, -0.2) is 41.6 Å². The molecular formula is C14H18FN3O. The Hall–Kier alpha value is -1.65. The molecule has 4 nitrogen and oxygen atoms in total. The summed E-state index contributed by atoms with van der Waals surface area (Å²) in [7, 11) is 0. The Morgan fingerprint density at radius 3 is 3.26 bits per heavy atom. The number of hydrogen-bond acceptors (Lipinski definition) is 3. The summed E-state index contributed by atoms with van der Waals surface area (Å²) in [6.45, 7) is 1.63. The zero-order valence-corrected chi connectivity index (χ0v) is 10.9. The Kier molecular flexibility index (Phi) is 3.36. The maximum absolute atomic E-state index is 12.4. The van der Waals surface area contributed by atoms with E-state index in [1.54, 1.807) is 11.1 Å². The smallest absolute Gasteiger partial charge is 0.225 e. The van der Waals surface area contributed by atoms with E-state index in [4.69, 9.17) is 0 Å². The monoisotopic (exact) mass is 263 g/mol.